The van der Waals surface area contributed by atoms with Crippen LogP contribution in [0, 0.1) is 12.8 Å². The molecule has 0 amide bonds. The molecule has 0 saturated carbocycles. The number of ether oxygens (including phenoxy) is 1. The molecule has 2 aromatic carbocycles. The van der Waals surface area contributed by atoms with E-state index in [1.165, 1.54) is 0 Å². The summed E-state index contributed by atoms with van der Waals surface area (Å²) in [5.74, 6) is 1.99. The summed E-state index contributed by atoms with van der Waals surface area (Å²) in [6, 6.07) is 11.9. The predicted molar refractivity (Wildman–Crippen MR) is 111 cm³/mol. The van der Waals surface area contributed by atoms with E-state index in [0.29, 0.717) is 0 Å². The van der Waals surface area contributed by atoms with Gasteiger partial charge in [-0.1, -0.05) is 18.2 Å². The van der Waals surface area contributed by atoms with Crippen LogP contribution in [0.3, 0.4) is 0 Å². The number of aromatic nitrogens is 4. The summed E-state index contributed by atoms with van der Waals surface area (Å²) in [6.45, 7) is 5.56. The van der Waals surface area contributed by atoms with Crippen LogP contribution in [0.4, 0.5) is 0 Å². The van der Waals surface area contributed by atoms with Crippen molar-refractivity contribution in [1.82, 2.24) is 25.1 Å². The number of rotatable bonds is 7. The molecule has 7 nitrogen and oxygen atoms in total. The van der Waals surface area contributed by atoms with E-state index in [1.54, 1.807) is 7.11 Å². The van der Waals surface area contributed by atoms with Gasteiger partial charge in [0.1, 0.15) is 11.6 Å². The standard InChI is InChI=1S/C22H27N5O2/c1-16-23-24-25-27(16)12-4-11-26-10-3-5-20(15-26)22(28)19-7-6-18-14-21(29-2)9-8-17(18)13-19/h6-9,13-14,20H,3-5,10-12,15H2,1-2H3. The smallest absolute Gasteiger partial charge is 0.167 e. The van der Waals surface area contributed by atoms with E-state index in [4.69, 9.17) is 4.74 Å². The molecule has 1 atom stereocenters. The fourth-order valence-electron chi connectivity index (χ4n) is 4.11. The summed E-state index contributed by atoms with van der Waals surface area (Å²) in [6.07, 6.45) is 3.00. The normalized spacial score (nSPS) is 17.5. The number of hydrogen-bond acceptors (Lipinski definition) is 6. The van der Waals surface area contributed by atoms with Crippen molar-refractivity contribution in [2.45, 2.75) is 32.7 Å². The highest BCUT2D eigenvalue weighted by molar-refractivity contribution is 6.01. The minimum Gasteiger partial charge on any atom is -0.497 e. The van der Waals surface area contributed by atoms with Gasteiger partial charge in [-0.3, -0.25) is 4.79 Å². The molecule has 1 fully saturated rings. The number of likely N-dealkylation sites (tertiary alicyclic amines) is 1. The molecule has 29 heavy (non-hydrogen) atoms. The quantitative estimate of drug-likeness (QED) is 0.574. The fraction of sp³-hybridized carbons (Fsp3) is 0.455. The van der Waals surface area contributed by atoms with Crippen LogP contribution >= 0.6 is 0 Å². The molecule has 0 aliphatic carbocycles. The van der Waals surface area contributed by atoms with Gasteiger partial charge in [-0.2, -0.15) is 0 Å². The van der Waals surface area contributed by atoms with Crippen molar-refractivity contribution >= 4 is 16.6 Å². The van der Waals surface area contributed by atoms with Crippen molar-refractivity contribution in [1.29, 1.82) is 0 Å². The number of aryl methyl sites for hydroxylation is 2. The van der Waals surface area contributed by atoms with Crippen molar-refractivity contribution in [3.05, 3.63) is 47.8 Å². The van der Waals surface area contributed by atoms with Gasteiger partial charge in [-0.25, -0.2) is 4.68 Å². The minimum absolute atomic E-state index is 0.0641. The molecule has 2 heterocycles. The number of fused-ring (bicyclic) bond motifs is 1. The van der Waals surface area contributed by atoms with E-state index >= 15 is 0 Å². The average Bonchev–Trinajstić information content (AvgIpc) is 3.17. The van der Waals surface area contributed by atoms with E-state index in [9.17, 15) is 4.79 Å². The molecule has 1 unspecified atom stereocenters. The third-order valence-corrected chi connectivity index (χ3v) is 5.76. The Bertz CT molecular complexity index is 1000. The SMILES string of the molecule is COc1ccc2cc(C(=O)C3CCCN(CCCn4nnnc4C)C3)ccc2c1. The number of methoxy groups -OCH3 is 1. The molecule has 1 aliphatic rings. The van der Waals surface area contributed by atoms with Gasteiger partial charge in [0.15, 0.2) is 5.78 Å². The Balaban J connectivity index is 1.38. The number of benzene rings is 2. The molecule has 4 rings (SSSR count). The second-order valence-electron chi connectivity index (χ2n) is 7.73. The van der Waals surface area contributed by atoms with Gasteiger partial charge in [0.25, 0.3) is 0 Å². The molecule has 1 aromatic heterocycles. The summed E-state index contributed by atoms with van der Waals surface area (Å²) in [5, 5.41) is 13.8. The lowest BCUT2D eigenvalue weighted by Gasteiger charge is -2.32. The Morgan fingerprint density at radius 2 is 2.00 bits per heavy atom. The highest BCUT2D eigenvalue weighted by atomic mass is 16.5. The fourth-order valence-corrected chi connectivity index (χ4v) is 4.11. The Morgan fingerprint density at radius 3 is 2.79 bits per heavy atom. The van der Waals surface area contributed by atoms with Gasteiger partial charge in [-0.15, -0.1) is 5.10 Å². The maximum absolute atomic E-state index is 13.1. The predicted octanol–water partition coefficient (Wildman–Crippen LogP) is 3.13. The van der Waals surface area contributed by atoms with E-state index in [2.05, 4.69) is 20.4 Å². The lowest BCUT2D eigenvalue weighted by molar-refractivity contribution is 0.0817. The second-order valence-corrected chi connectivity index (χ2v) is 7.73. The van der Waals surface area contributed by atoms with E-state index < -0.39 is 0 Å². The molecule has 152 valence electrons. The third-order valence-electron chi connectivity index (χ3n) is 5.76. The third kappa shape index (κ3) is 4.45. The van der Waals surface area contributed by atoms with Crippen molar-refractivity contribution < 1.29 is 9.53 Å². The number of ketones is 1. The van der Waals surface area contributed by atoms with Crippen LogP contribution in [0.15, 0.2) is 36.4 Å². The topological polar surface area (TPSA) is 73.1 Å². The van der Waals surface area contributed by atoms with Gasteiger partial charge in [0.2, 0.25) is 0 Å². The van der Waals surface area contributed by atoms with E-state index in [0.717, 1.165) is 73.4 Å². The Labute approximate surface area is 170 Å². The molecule has 1 aliphatic heterocycles. The lowest BCUT2D eigenvalue weighted by atomic mass is 9.89. The van der Waals surface area contributed by atoms with Crippen molar-refractivity contribution in [2.75, 3.05) is 26.7 Å². The molecule has 7 heteroatoms. The minimum atomic E-state index is 0.0641. The summed E-state index contributed by atoms with van der Waals surface area (Å²) < 4.78 is 7.11. The number of carbonyl (C=O) groups is 1. The molecule has 0 spiro atoms. The van der Waals surface area contributed by atoms with E-state index in [-0.39, 0.29) is 11.7 Å². The maximum Gasteiger partial charge on any atom is 0.167 e. The molecule has 1 saturated heterocycles. The lowest BCUT2D eigenvalue weighted by Crippen LogP contribution is -2.39. The molecule has 0 N–H and O–H groups in total. The first kappa shape index (κ1) is 19.5. The van der Waals surface area contributed by atoms with Crippen LogP contribution in [0.5, 0.6) is 5.75 Å². The zero-order chi connectivity index (χ0) is 20.2. The number of Topliss-reactive ketones (excluding diaryl/α,β-unsaturated/α-hetero) is 1. The zero-order valence-electron chi connectivity index (χ0n) is 17.0. The van der Waals surface area contributed by atoms with Gasteiger partial charge in [-0.05, 0) is 78.7 Å². The van der Waals surface area contributed by atoms with Crippen molar-refractivity contribution in [3.8, 4) is 5.75 Å². The summed E-state index contributed by atoms with van der Waals surface area (Å²) in [4.78, 5) is 15.5. The Morgan fingerprint density at radius 1 is 1.17 bits per heavy atom. The van der Waals surface area contributed by atoms with Crippen LogP contribution < -0.4 is 4.74 Å². The largest absolute Gasteiger partial charge is 0.497 e. The number of tetrazole rings is 1. The Kier molecular flexibility index (Phi) is 5.85. The van der Waals surface area contributed by atoms with Gasteiger partial charge < -0.3 is 9.64 Å². The van der Waals surface area contributed by atoms with Crippen LogP contribution in [0.25, 0.3) is 10.8 Å². The average molecular weight is 393 g/mol. The van der Waals surface area contributed by atoms with Crippen molar-refractivity contribution in [2.24, 2.45) is 5.92 Å². The van der Waals surface area contributed by atoms with Crippen molar-refractivity contribution in [3.63, 3.8) is 0 Å². The molecular formula is C22H27N5O2. The number of hydrogen-bond donors (Lipinski definition) is 0. The molecule has 0 bridgehead atoms. The monoisotopic (exact) mass is 393 g/mol. The van der Waals surface area contributed by atoms with Crippen LogP contribution in [-0.2, 0) is 6.54 Å². The first-order valence-electron chi connectivity index (χ1n) is 10.2. The van der Waals surface area contributed by atoms with Crippen LogP contribution in [0.2, 0.25) is 0 Å². The van der Waals surface area contributed by atoms with Crippen LogP contribution in [0.1, 0.15) is 35.4 Å². The number of piperidine rings is 1. The second kappa shape index (κ2) is 8.69. The highest BCUT2D eigenvalue weighted by Gasteiger charge is 2.26. The highest BCUT2D eigenvalue weighted by Crippen LogP contribution is 2.25. The first-order valence-corrected chi connectivity index (χ1v) is 10.2. The van der Waals surface area contributed by atoms with Gasteiger partial charge in [0, 0.05) is 24.6 Å². The van der Waals surface area contributed by atoms with E-state index in [1.807, 2.05) is 48.0 Å². The Hall–Kier alpha value is -2.80. The molecular weight excluding hydrogens is 366 g/mol. The summed E-state index contributed by atoms with van der Waals surface area (Å²) in [7, 11) is 1.66. The number of carbonyl (C=O) groups excluding carboxylic acids is 1. The van der Waals surface area contributed by atoms with Crippen LogP contribution in [-0.4, -0.2) is 57.6 Å². The van der Waals surface area contributed by atoms with Gasteiger partial charge >= 0.3 is 0 Å². The zero-order valence-corrected chi connectivity index (χ0v) is 17.0. The molecule has 3 aromatic rings. The maximum atomic E-state index is 13.1. The summed E-state index contributed by atoms with van der Waals surface area (Å²) in [5.41, 5.74) is 0.804. The first-order chi connectivity index (χ1) is 14.1. The number of nitrogens with zero attached hydrogens (tertiary/aromatic N) is 5. The summed E-state index contributed by atoms with van der Waals surface area (Å²) >= 11 is 0. The molecule has 0 radical (unpaired) electrons. The van der Waals surface area contributed by atoms with Gasteiger partial charge in [0.05, 0.1) is 7.11 Å².